The van der Waals surface area contributed by atoms with E-state index in [2.05, 4.69) is 19.1 Å². The number of rotatable bonds is 2. The maximum atomic E-state index is 11.2. The first-order chi connectivity index (χ1) is 6.29. The van der Waals surface area contributed by atoms with Crippen molar-refractivity contribution in [2.45, 2.75) is 40.5 Å². The summed E-state index contributed by atoms with van der Waals surface area (Å²) in [6.07, 6.45) is 6.24. The summed E-state index contributed by atoms with van der Waals surface area (Å²) < 4.78 is 0. The van der Waals surface area contributed by atoms with Crippen molar-refractivity contribution in [3.05, 3.63) is 12.2 Å². The Balaban J connectivity index is 3.00. The number of aliphatic carboxylic acids is 1. The van der Waals surface area contributed by atoms with Crippen LogP contribution in [0.3, 0.4) is 0 Å². The summed E-state index contributed by atoms with van der Waals surface area (Å²) in [6, 6.07) is 0. The summed E-state index contributed by atoms with van der Waals surface area (Å²) in [6.45, 7) is 7.86. The van der Waals surface area contributed by atoms with Gasteiger partial charge in [0.15, 0.2) is 0 Å². The van der Waals surface area contributed by atoms with Crippen LogP contribution in [0.4, 0.5) is 0 Å². The number of hydrogen-bond acceptors (Lipinski definition) is 1. The van der Waals surface area contributed by atoms with Crippen LogP contribution in [0.15, 0.2) is 12.2 Å². The van der Waals surface area contributed by atoms with Gasteiger partial charge >= 0.3 is 5.97 Å². The second-order valence-electron chi connectivity index (χ2n) is 5.29. The Morgan fingerprint density at radius 1 is 1.57 bits per heavy atom. The minimum Gasteiger partial charge on any atom is -0.481 e. The van der Waals surface area contributed by atoms with Crippen molar-refractivity contribution < 1.29 is 9.90 Å². The summed E-state index contributed by atoms with van der Waals surface area (Å²) >= 11 is 0. The molecule has 2 heteroatoms. The number of carboxylic acids is 1. The maximum absolute atomic E-state index is 11.2. The molecule has 0 radical (unpaired) electrons. The van der Waals surface area contributed by atoms with Gasteiger partial charge in [-0.1, -0.05) is 26.0 Å². The normalized spacial score (nSPS) is 33.0. The van der Waals surface area contributed by atoms with E-state index in [0.29, 0.717) is 5.92 Å². The van der Waals surface area contributed by atoms with Gasteiger partial charge in [-0.15, -0.1) is 0 Å². The van der Waals surface area contributed by atoms with Crippen molar-refractivity contribution in [3.8, 4) is 0 Å². The lowest BCUT2D eigenvalue weighted by atomic mass is 9.60. The van der Waals surface area contributed by atoms with Gasteiger partial charge in [-0.25, -0.2) is 0 Å². The second kappa shape index (κ2) is 3.41. The zero-order valence-electron chi connectivity index (χ0n) is 9.50. The molecule has 80 valence electrons. The van der Waals surface area contributed by atoms with Crippen LogP contribution in [0.25, 0.3) is 0 Å². The van der Waals surface area contributed by atoms with E-state index in [0.717, 1.165) is 12.8 Å². The third-order valence-corrected chi connectivity index (χ3v) is 3.76. The molecule has 1 rings (SSSR count). The highest BCUT2D eigenvalue weighted by Gasteiger charge is 2.46. The lowest BCUT2D eigenvalue weighted by molar-refractivity contribution is -0.153. The average molecular weight is 196 g/mol. The molecule has 0 amide bonds. The number of carboxylic acid groups (broad SMARTS) is 1. The minimum atomic E-state index is -0.709. The summed E-state index contributed by atoms with van der Waals surface area (Å²) in [5.74, 6) is -0.123. The number of allylic oxidation sites excluding steroid dienone is 2. The smallest absolute Gasteiger partial charge is 0.309 e. The lowest BCUT2D eigenvalue weighted by Crippen LogP contribution is -2.42. The average Bonchev–Trinajstić information content (AvgIpc) is 2.03. The van der Waals surface area contributed by atoms with E-state index >= 15 is 0 Å². The van der Waals surface area contributed by atoms with Crippen molar-refractivity contribution in [3.63, 3.8) is 0 Å². The molecule has 0 aromatic carbocycles. The number of carbonyl (C=O) groups is 1. The molecular formula is C12H20O2. The highest BCUT2D eigenvalue weighted by Crippen LogP contribution is 2.47. The summed E-state index contributed by atoms with van der Waals surface area (Å²) in [7, 11) is 0. The summed E-state index contributed by atoms with van der Waals surface area (Å²) in [4.78, 5) is 11.2. The monoisotopic (exact) mass is 196 g/mol. The molecule has 2 atom stereocenters. The van der Waals surface area contributed by atoms with Gasteiger partial charge < -0.3 is 5.11 Å². The van der Waals surface area contributed by atoms with Gasteiger partial charge in [0.2, 0.25) is 0 Å². The molecule has 0 heterocycles. The molecule has 0 saturated heterocycles. The molecule has 0 bridgehead atoms. The zero-order chi connectivity index (χ0) is 11.0. The lowest BCUT2D eigenvalue weighted by Gasteiger charge is -2.42. The fraction of sp³-hybridized carbons (Fsp3) is 0.750. The Bertz CT molecular complexity index is 265. The Hall–Kier alpha value is -0.790. The molecule has 0 aliphatic heterocycles. The van der Waals surface area contributed by atoms with Crippen LogP contribution in [-0.2, 0) is 4.79 Å². The van der Waals surface area contributed by atoms with Crippen LogP contribution in [0.5, 0.6) is 0 Å². The van der Waals surface area contributed by atoms with Crippen LogP contribution < -0.4 is 0 Å². The Labute approximate surface area is 86.0 Å². The predicted molar refractivity (Wildman–Crippen MR) is 57.1 cm³/mol. The molecule has 0 spiro atoms. The molecule has 1 aliphatic rings. The van der Waals surface area contributed by atoms with E-state index in [1.165, 1.54) is 0 Å². The number of hydrogen-bond donors (Lipinski definition) is 1. The maximum Gasteiger partial charge on any atom is 0.309 e. The highest BCUT2D eigenvalue weighted by molar-refractivity contribution is 5.75. The predicted octanol–water partition coefficient (Wildman–Crippen LogP) is 3.09. The van der Waals surface area contributed by atoms with Crippen LogP contribution in [-0.4, -0.2) is 11.1 Å². The van der Waals surface area contributed by atoms with Crippen LogP contribution >= 0.6 is 0 Å². The molecule has 0 aromatic heterocycles. The van der Waals surface area contributed by atoms with Gasteiger partial charge in [-0.05, 0) is 32.6 Å². The Morgan fingerprint density at radius 3 is 2.57 bits per heavy atom. The first-order valence-corrected chi connectivity index (χ1v) is 5.21. The fourth-order valence-electron chi connectivity index (χ4n) is 2.14. The molecule has 2 nitrogen and oxygen atoms in total. The van der Waals surface area contributed by atoms with Crippen molar-refractivity contribution in [2.24, 2.45) is 16.7 Å². The quantitative estimate of drug-likeness (QED) is 0.689. The van der Waals surface area contributed by atoms with Gasteiger partial charge in [-0.3, -0.25) is 4.79 Å². The van der Waals surface area contributed by atoms with E-state index < -0.39 is 11.4 Å². The SMILES string of the molecule is CC1CC=CC(C)(C(C)(C)C(=O)O)C1. The summed E-state index contributed by atoms with van der Waals surface area (Å²) in [5, 5.41) is 9.21. The van der Waals surface area contributed by atoms with Crippen LogP contribution in [0, 0.1) is 16.7 Å². The topological polar surface area (TPSA) is 37.3 Å². The molecule has 1 aliphatic carbocycles. The molecule has 1 N–H and O–H groups in total. The van der Waals surface area contributed by atoms with Crippen LogP contribution in [0.2, 0.25) is 0 Å². The minimum absolute atomic E-state index is 0.212. The van der Waals surface area contributed by atoms with E-state index in [1.807, 2.05) is 20.8 Å². The van der Waals surface area contributed by atoms with Gasteiger partial charge in [0.05, 0.1) is 5.41 Å². The molecule has 0 aromatic rings. The fourth-order valence-corrected chi connectivity index (χ4v) is 2.14. The van der Waals surface area contributed by atoms with E-state index in [9.17, 15) is 9.90 Å². The first kappa shape index (κ1) is 11.3. The standard InChI is InChI=1S/C12H20O2/c1-9-6-5-7-12(4,8-9)11(2,3)10(13)14/h5,7,9H,6,8H2,1-4H3,(H,13,14). The van der Waals surface area contributed by atoms with Gasteiger partial charge in [0, 0.05) is 5.41 Å². The molecular weight excluding hydrogens is 176 g/mol. The molecule has 0 saturated carbocycles. The Kier molecular flexibility index (Phi) is 2.75. The second-order valence-corrected chi connectivity index (χ2v) is 5.29. The van der Waals surface area contributed by atoms with Crippen molar-refractivity contribution >= 4 is 5.97 Å². The van der Waals surface area contributed by atoms with Crippen molar-refractivity contribution in [2.75, 3.05) is 0 Å². The Morgan fingerprint density at radius 2 is 2.14 bits per heavy atom. The zero-order valence-corrected chi connectivity index (χ0v) is 9.50. The molecule has 0 fully saturated rings. The van der Waals surface area contributed by atoms with E-state index in [1.54, 1.807) is 0 Å². The largest absolute Gasteiger partial charge is 0.481 e. The van der Waals surface area contributed by atoms with Crippen LogP contribution in [0.1, 0.15) is 40.5 Å². The van der Waals surface area contributed by atoms with Crippen molar-refractivity contribution in [1.29, 1.82) is 0 Å². The molecule has 14 heavy (non-hydrogen) atoms. The van der Waals surface area contributed by atoms with Crippen molar-refractivity contribution in [1.82, 2.24) is 0 Å². The summed E-state index contributed by atoms with van der Waals surface area (Å²) in [5.41, 5.74) is -0.894. The third kappa shape index (κ3) is 1.70. The van der Waals surface area contributed by atoms with Gasteiger partial charge in [-0.2, -0.15) is 0 Å². The van der Waals surface area contributed by atoms with Gasteiger partial charge in [0.25, 0.3) is 0 Å². The highest BCUT2D eigenvalue weighted by atomic mass is 16.4. The first-order valence-electron chi connectivity index (χ1n) is 5.21. The molecule has 2 unspecified atom stereocenters. The van der Waals surface area contributed by atoms with Gasteiger partial charge in [0.1, 0.15) is 0 Å². The third-order valence-electron chi connectivity index (χ3n) is 3.76. The van der Waals surface area contributed by atoms with E-state index in [-0.39, 0.29) is 5.41 Å². The van der Waals surface area contributed by atoms with E-state index in [4.69, 9.17) is 0 Å².